The van der Waals surface area contributed by atoms with Crippen LogP contribution in [0.25, 0.3) is 0 Å². The molecule has 1 N–H and O–H groups in total. The first-order valence-electron chi connectivity index (χ1n) is 5.71. The summed E-state index contributed by atoms with van der Waals surface area (Å²) in [5.41, 5.74) is 0.860. The zero-order valence-electron chi connectivity index (χ0n) is 10.7. The smallest absolute Gasteiger partial charge is 0.340 e. The van der Waals surface area contributed by atoms with E-state index < -0.39 is 11.7 Å². The molecule has 0 amide bonds. The predicted molar refractivity (Wildman–Crippen MR) is 71.2 cm³/mol. The summed E-state index contributed by atoms with van der Waals surface area (Å²) in [5.74, 6) is 0.382. The minimum absolute atomic E-state index is 0.257. The second kappa shape index (κ2) is 5.28. The van der Waals surface area contributed by atoms with Crippen molar-refractivity contribution in [1.82, 2.24) is 9.97 Å². The minimum atomic E-state index is -4.39. The highest BCUT2D eigenvalue weighted by Crippen LogP contribution is 2.33. The van der Waals surface area contributed by atoms with Crippen molar-refractivity contribution in [2.75, 3.05) is 5.32 Å². The fourth-order valence-corrected chi connectivity index (χ4v) is 1.75. The summed E-state index contributed by atoms with van der Waals surface area (Å²) in [5, 5.41) is 3.11. The third-order valence-corrected chi connectivity index (χ3v) is 3.22. The Hall–Kier alpha value is -1.82. The quantitative estimate of drug-likeness (QED) is 0.829. The summed E-state index contributed by atoms with van der Waals surface area (Å²) < 4.78 is 38.1. The molecule has 1 aromatic heterocycles. The molecule has 0 aliphatic heterocycles. The van der Waals surface area contributed by atoms with Crippen molar-refractivity contribution in [1.29, 1.82) is 0 Å². The Kier molecular flexibility index (Phi) is 3.85. The highest BCUT2D eigenvalue weighted by Gasteiger charge is 2.30. The average Bonchev–Trinajstić information content (AvgIpc) is 2.36. The number of halogens is 4. The normalized spacial score (nSPS) is 11.5. The summed E-state index contributed by atoms with van der Waals surface area (Å²) in [6.07, 6.45) is -3.14. The molecular weight excluding hydrogens is 291 g/mol. The first kappa shape index (κ1) is 14.6. The van der Waals surface area contributed by atoms with Crippen molar-refractivity contribution < 1.29 is 13.2 Å². The van der Waals surface area contributed by atoms with Crippen molar-refractivity contribution in [2.24, 2.45) is 0 Å². The number of rotatable bonds is 2. The zero-order chi connectivity index (χ0) is 14.9. The summed E-state index contributed by atoms with van der Waals surface area (Å²) in [4.78, 5) is 7.77. The Labute approximate surface area is 118 Å². The monoisotopic (exact) mass is 301 g/mol. The van der Waals surface area contributed by atoms with Crippen molar-refractivity contribution in [2.45, 2.75) is 20.0 Å². The Morgan fingerprint density at radius 1 is 1.15 bits per heavy atom. The lowest BCUT2D eigenvalue weighted by Gasteiger charge is -2.14. The molecule has 0 spiro atoms. The number of aromatic nitrogens is 2. The molecule has 0 aliphatic rings. The van der Waals surface area contributed by atoms with Crippen LogP contribution >= 0.6 is 11.6 Å². The lowest BCUT2D eigenvalue weighted by molar-refractivity contribution is -0.137. The summed E-state index contributed by atoms with van der Waals surface area (Å²) in [6.45, 7) is 3.40. The lowest BCUT2D eigenvalue weighted by Crippen LogP contribution is -2.07. The molecule has 7 heteroatoms. The molecule has 0 aliphatic carbocycles. The van der Waals surface area contributed by atoms with E-state index in [-0.39, 0.29) is 5.15 Å². The van der Waals surface area contributed by atoms with Gasteiger partial charge in [-0.2, -0.15) is 13.2 Å². The van der Waals surface area contributed by atoms with Crippen LogP contribution in [0.4, 0.5) is 24.7 Å². The fourth-order valence-electron chi connectivity index (χ4n) is 1.62. The number of hydrogen-bond donors (Lipinski definition) is 1. The maximum atomic E-state index is 12.7. The Morgan fingerprint density at radius 2 is 1.85 bits per heavy atom. The summed E-state index contributed by atoms with van der Waals surface area (Å²) >= 11 is 5.85. The van der Waals surface area contributed by atoms with E-state index in [1.54, 1.807) is 13.8 Å². The molecule has 106 valence electrons. The first-order chi connectivity index (χ1) is 9.29. The third kappa shape index (κ3) is 3.01. The number of aryl methyl sites for hydroxylation is 1. The van der Waals surface area contributed by atoms with Gasteiger partial charge in [-0.3, -0.25) is 0 Å². The van der Waals surface area contributed by atoms with Gasteiger partial charge in [-0.15, -0.1) is 0 Å². The van der Waals surface area contributed by atoms with Crippen LogP contribution in [-0.2, 0) is 6.18 Å². The van der Waals surface area contributed by atoms with Gasteiger partial charge in [0.1, 0.15) is 17.3 Å². The van der Waals surface area contributed by atoms with Gasteiger partial charge in [-0.25, -0.2) is 9.97 Å². The van der Waals surface area contributed by atoms with Crippen molar-refractivity contribution >= 4 is 23.1 Å². The van der Waals surface area contributed by atoms with E-state index in [1.165, 1.54) is 12.4 Å². The molecule has 0 saturated heterocycles. The van der Waals surface area contributed by atoms with Gasteiger partial charge >= 0.3 is 6.18 Å². The molecule has 0 bridgehead atoms. The van der Waals surface area contributed by atoms with Crippen LogP contribution in [0, 0.1) is 13.8 Å². The molecule has 1 heterocycles. The van der Waals surface area contributed by atoms with Crippen LogP contribution < -0.4 is 5.32 Å². The van der Waals surface area contributed by atoms with Gasteiger partial charge in [-0.1, -0.05) is 17.7 Å². The Morgan fingerprint density at radius 3 is 2.50 bits per heavy atom. The van der Waals surface area contributed by atoms with Gasteiger partial charge in [0.15, 0.2) is 0 Å². The van der Waals surface area contributed by atoms with Gasteiger partial charge in [0.25, 0.3) is 0 Å². The molecule has 0 saturated carbocycles. The van der Waals surface area contributed by atoms with Crippen LogP contribution in [0.15, 0.2) is 24.5 Å². The number of nitrogens with zero attached hydrogens (tertiary/aromatic N) is 2. The number of hydrogen-bond acceptors (Lipinski definition) is 3. The topological polar surface area (TPSA) is 37.8 Å². The van der Waals surface area contributed by atoms with Gasteiger partial charge in [-0.05, 0) is 31.5 Å². The molecule has 2 rings (SSSR count). The Balaban J connectivity index is 2.41. The number of benzene rings is 1. The highest BCUT2D eigenvalue weighted by molar-refractivity contribution is 6.30. The van der Waals surface area contributed by atoms with Crippen molar-refractivity contribution in [3.63, 3.8) is 0 Å². The largest absolute Gasteiger partial charge is 0.416 e. The van der Waals surface area contributed by atoms with E-state index in [1.807, 2.05) is 0 Å². The molecular formula is C13H11ClF3N3. The van der Waals surface area contributed by atoms with Crippen molar-refractivity contribution in [3.05, 3.63) is 46.4 Å². The van der Waals surface area contributed by atoms with Gasteiger partial charge in [0.2, 0.25) is 0 Å². The summed E-state index contributed by atoms with van der Waals surface area (Å²) in [6, 6.07) is 3.49. The van der Waals surface area contributed by atoms with Gasteiger partial charge in [0.05, 0.1) is 5.56 Å². The van der Waals surface area contributed by atoms with Crippen LogP contribution in [0.2, 0.25) is 5.15 Å². The molecule has 0 radical (unpaired) electrons. The van der Waals surface area contributed by atoms with Crippen LogP contribution in [0.3, 0.4) is 0 Å². The third-order valence-electron chi connectivity index (χ3n) is 2.84. The summed E-state index contributed by atoms with van der Waals surface area (Å²) in [7, 11) is 0. The molecule has 2 aromatic rings. The minimum Gasteiger partial charge on any atom is -0.340 e. The fraction of sp³-hybridized carbons (Fsp3) is 0.231. The lowest BCUT2D eigenvalue weighted by atomic mass is 10.1. The maximum absolute atomic E-state index is 12.7. The van der Waals surface area contributed by atoms with E-state index in [4.69, 9.17) is 11.6 Å². The molecule has 0 fully saturated rings. The van der Waals surface area contributed by atoms with Crippen LogP contribution in [-0.4, -0.2) is 9.97 Å². The first-order valence-corrected chi connectivity index (χ1v) is 6.09. The Bertz CT molecular complexity index is 641. The van der Waals surface area contributed by atoms with E-state index in [2.05, 4.69) is 15.3 Å². The average molecular weight is 302 g/mol. The molecule has 20 heavy (non-hydrogen) atoms. The molecule has 3 nitrogen and oxygen atoms in total. The second-order valence-corrected chi connectivity index (χ2v) is 4.65. The maximum Gasteiger partial charge on any atom is 0.416 e. The van der Waals surface area contributed by atoms with Crippen LogP contribution in [0.1, 0.15) is 16.7 Å². The molecule has 1 aromatic carbocycles. The zero-order valence-corrected chi connectivity index (χ0v) is 11.5. The number of nitrogens with one attached hydrogen (secondary N) is 1. The van der Waals surface area contributed by atoms with E-state index in [0.717, 1.165) is 12.1 Å². The molecule has 0 atom stereocenters. The van der Waals surface area contributed by atoms with Crippen molar-refractivity contribution in [3.8, 4) is 0 Å². The van der Waals surface area contributed by atoms with E-state index in [9.17, 15) is 13.2 Å². The predicted octanol–water partition coefficient (Wildman–Crippen LogP) is 4.51. The SMILES string of the molecule is Cc1ccc(C(F)(F)F)cc1Nc1ncnc(Cl)c1C. The van der Waals surface area contributed by atoms with Gasteiger partial charge < -0.3 is 5.32 Å². The van der Waals surface area contributed by atoms with Crippen LogP contribution in [0.5, 0.6) is 0 Å². The highest BCUT2D eigenvalue weighted by atomic mass is 35.5. The molecule has 0 unspecified atom stereocenters. The number of anilines is 2. The van der Waals surface area contributed by atoms with E-state index >= 15 is 0 Å². The number of alkyl halides is 3. The standard InChI is InChI=1S/C13H11ClF3N3/c1-7-3-4-9(13(15,16)17)5-10(7)20-12-8(2)11(14)18-6-19-12/h3-6H,1-2H3,(H,18,19,20). The van der Waals surface area contributed by atoms with E-state index in [0.29, 0.717) is 22.6 Å². The second-order valence-electron chi connectivity index (χ2n) is 4.29. The van der Waals surface area contributed by atoms with Gasteiger partial charge in [0, 0.05) is 11.3 Å².